The molecule has 0 bridgehead atoms. The first kappa shape index (κ1) is 12.4. The molecule has 2 rings (SSSR count). The normalized spacial score (nSPS) is 23.5. The van der Waals surface area contributed by atoms with Gasteiger partial charge in [-0.2, -0.15) is 0 Å². The Bertz CT molecular complexity index is 370. The summed E-state index contributed by atoms with van der Waals surface area (Å²) in [5.74, 6) is 0. The molecular formula is C13H20N2O2. The van der Waals surface area contributed by atoms with Crippen LogP contribution in [-0.4, -0.2) is 42.4 Å². The minimum atomic E-state index is -0.526. The number of nitrogen functional groups attached to an aromatic ring is 1. The number of aliphatic hydroxyl groups is 1. The highest BCUT2D eigenvalue weighted by molar-refractivity contribution is 5.47. The highest BCUT2D eigenvalue weighted by Gasteiger charge is 2.20. The Kier molecular flexibility index (Phi) is 3.99. The third-order valence-corrected chi connectivity index (χ3v) is 3.11. The second-order valence-electron chi connectivity index (χ2n) is 4.59. The molecule has 1 saturated heterocycles. The zero-order valence-electron chi connectivity index (χ0n) is 10.2. The van der Waals surface area contributed by atoms with Gasteiger partial charge in [-0.25, -0.2) is 0 Å². The number of ether oxygens (including phenoxy) is 1. The Labute approximate surface area is 102 Å². The van der Waals surface area contributed by atoms with Gasteiger partial charge in [0.1, 0.15) is 0 Å². The Hall–Kier alpha value is -1.10. The number of hydrogen-bond acceptors (Lipinski definition) is 4. The summed E-state index contributed by atoms with van der Waals surface area (Å²) in [5, 5.41) is 10.2. The second-order valence-corrected chi connectivity index (χ2v) is 4.59. The molecule has 4 nitrogen and oxygen atoms in total. The molecule has 0 aliphatic carbocycles. The van der Waals surface area contributed by atoms with Crippen molar-refractivity contribution in [3.63, 3.8) is 0 Å². The van der Waals surface area contributed by atoms with E-state index in [1.807, 2.05) is 24.3 Å². The number of nitrogens with two attached hydrogens (primary N) is 1. The van der Waals surface area contributed by atoms with Crippen molar-refractivity contribution in [3.05, 3.63) is 29.8 Å². The van der Waals surface area contributed by atoms with Crippen molar-refractivity contribution in [1.29, 1.82) is 0 Å². The van der Waals surface area contributed by atoms with Crippen molar-refractivity contribution in [3.8, 4) is 0 Å². The van der Waals surface area contributed by atoms with Crippen LogP contribution < -0.4 is 5.73 Å². The third kappa shape index (κ3) is 3.19. The summed E-state index contributed by atoms with van der Waals surface area (Å²) in [4.78, 5) is 2.21. The van der Waals surface area contributed by atoms with Gasteiger partial charge in [0, 0.05) is 30.9 Å². The lowest BCUT2D eigenvalue weighted by molar-refractivity contribution is -0.0318. The molecule has 2 atom stereocenters. The van der Waals surface area contributed by atoms with Crippen LogP contribution >= 0.6 is 0 Å². The molecule has 94 valence electrons. The van der Waals surface area contributed by atoms with Crippen molar-refractivity contribution in [2.75, 3.05) is 32.0 Å². The van der Waals surface area contributed by atoms with E-state index in [0.29, 0.717) is 12.2 Å². The molecule has 1 aliphatic heterocycles. The molecule has 0 amide bonds. The van der Waals surface area contributed by atoms with Crippen LogP contribution in [0.1, 0.15) is 18.6 Å². The van der Waals surface area contributed by atoms with Crippen LogP contribution in [0.25, 0.3) is 0 Å². The topological polar surface area (TPSA) is 58.7 Å². The van der Waals surface area contributed by atoms with E-state index in [9.17, 15) is 5.11 Å². The molecular weight excluding hydrogens is 216 g/mol. The maximum atomic E-state index is 10.2. The van der Waals surface area contributed by atoms with Crippen LogP contribution in [0.3, 0.4) is 0 Å². The molecule has 0 radical (unpaired) electrons. The number of anilines is 1. The van der Waals surface area contributed by atoms with Crippen molar-refractivity contribution in [2.45, 2.75) is 19.1 Å². The summed E-state index contributed by atoms with van der Waals surface area (Å²) in [6, 6.07) is 7.48. The summed E-state index contributed by atoms with van der Waals surface area (Å²) >= 11 is 0. The molecule has 0 saturated carbocycles. The van der Waals surface area contributed by atoms with Crippen molar-refractivity contribution in [1.82, 2.24) is 4.90 Å². The van der Waals surface area contributed by atoms with Gasteiger partial charge in [0.05, 0.1) is 18.8 Å². The average molecular weight is 236 g/mol. The van der Waals surface area contributed by atoms with E-state index in [2.05, 4.69) is 11.8 Å². The molecule has 3 N–H and O–H groups in total. The number of hydrogen-bond donors (Lipinski definition) is 2. The van der Waals surface area contributed by atoms with E-state index in [4.69, 9.17) is 10.5 Å². The van der Waals surface area contributed by atoms with E-state index in [0.717, 1.165) is 25.3 Å². The SMILES string of the molecule is CC1CN(CC(O)c2ccccc2N)CCO1. The van der Waals surface area contributed by atoms with Gasteiger partial charge in [-0.3, -0.25) is 4.90 Å². The lowest BCUT2D eigenvalue weighted by atomic mass is 10.1. The lowest BCUT2D eigenvalue weighted by Crippen LogP contribution is -2.42. The zero-order valence-corrected chi connectivity index (χ0v) is 10.2. The molecule has 0 aromatic heterocycles. The van der Waals surface area contributed by atoms with Gasteiger partial charge >= 0.3 is 0 Å². The fraction of sp³-hybridized carbons (Fsp3) is 0.538. The smallest absolute Gasteiger partial charge is 0.0936 e. The minimum absolute atomic E-state index is 0.240. The van der Waals surface area contributed by atoms with Gasteiger partial charge in [-0.05, 0) is 13.0 Å². The summed E-state index contributed by atoms with van der Waals surface area (Å²) in [7, 11) is 0. The molecule has 1 fully saturated rings. The Morgan fingerprint density at radius 2 is 2.29 bits per heavy atom. The Morgan fingerprint density at radius 1 is 1.53 bits per heavy atom. The maximum Gasteiger partial charge on any atom is 0.0936 e. The Morgan fingerprint density at radius 3 is 3.00 bits per heavy atom. The van der Waals surface area contributed by atoms with Crippen LogP contribution in [0.15, 0.2) is 24.3 Å². The van der Waals surface area contributed by atoms with E-state index >= 15 is 0 Å². The largest absolute Gasteiger partial charge is 0.398 e. The van der Waals surface area contributed by atoms with Gasteiger partial charge in [-0.1, -0.05) is 18.2 Å². The first-order valence-corrected chi connectivity index (χ1v) is 6.03. The number of benzene rings is 1. The number of morpholine rings is 1. The number of aliphatic hydroxyl groups excluding tert-OH is 1. The van der Waals surface area contributed by atoms with Crippen LogP contribution in [0.5, 0.6) is 0 Å². The van der Waals surface area contributed by atoms with Crippen molar-refractivity contribution in [2.24, 2.45) is 0 Å². The van der Waals surface area contributed by atoms with Gasteiger partial charge in [-0.15, -0.1) is 0 Å². The number of para-hydroxylation sites is 1. The molecule has 1 aromatic carbocycles. The molecule has 0 spiro atoms. The van der Waals surface area contributed by atoms with Crippen LogP contribution in [0.2, 0.25) is 0 Å². The third-order valence-electron chi connectivity index (χ3n) is 3.11. The van der Waals surface area contributed by atoms with Crippen LogP contribution in [-0.2, 0) is 4.74 Å². The first-order chi connectivity index (χ1) is 8.16. The predicted molar refractivity (Wildman–Crippen MR) is 67.7 cm³/mol. The second kappa shape index (κ2) is 5.49. The molecule has 1 aromatic rings. The maximum absolute atomic E-state index is 10.2. The lowest BCUT2D eigenvalue weighted by Gasteiger charge is -2.32. The number of rotatable bonds is 3. The fourth-order valence-corrected chi connectivity index (χ4v) is 2.21. The number of β-amino-alcohol motifs (C(OH)–C–C–N with tert-alkyl or cyclic N) is 1. The van der Waals surface area contributed by atoms with Gasteiger partial charge in [0.15, 0.2) is 0 Å². The fourth-order valence-electron chi connectivity index (χ4n) is 2.21. The summed E-state index contributed by atoms with van der Waals surface area (Å²) in [6.07, 6.45) is -0.287. The van der Waals surface area contributed by atoms with Gasteiger partial charge in [0.25, 0.3) is 0 Å². The van der Waals surface area contributed by atoms with E-state index < -0.39 is 6.10 Å². The highest BCUT2D eigenvalue weighted by atomic mass is 16.5. The van der Waals surface area contributed by atoms with E-state index in [1.165, 1.54) is 0 Å². The monoisotopic (exact) mass is 236 g/mol. The quantitative estimate of drug-likeness (QED) is 0.769. The van der Waals surface area contributed by atoms with Gasteiger partial charge < -0.3 is 15.6 Å². The summed E-state index contributed by atoms with van der Waals surface area (Å²) in [6.45, 7) is 5.13. The predicted octanol–water partition coefficient (Wildman–Crippen LogP) is 1.02. The minimum Gasteiger partial charge on any atom is -0.398 e. The summed E-state index contributed by atoms with van der Waals surface area (Å²) < 4.78 is 5.47. The highest BCUT2D eigenvalue weighted by Crippen LogP contribution is 2.21. The molecule has 4 heteroatoms. The molecule has 2 unspecified atom stereocenters. The van der Waals surface area contributed by atoms with E-state index in [1.54, 1.807) is 0 Å². The van der Waals surface area contributed by atoms with Crippen molar-refractivity contribution >= 4 is 5.69 Å². The van der Waals surface area contributed by atoms with Crippen LogP contribution in [0, 0.1) is 0 Å². The molecule has 17 heavy (non-hydrogen) atoms. The summed E-state index contributed by atoms with van der Waals surface area (Å²) in [5.41, 5.74) is 7.32. The van der Waals surface area contributed by atoms with E-state index in [-0.39, 0.29) is 6.10 Å². The molecule has 1 aliphatic rings. The molecule has 1 heterocycles. The van der Waals surface area contributed by atoms with Crippen LogP contribution in [0.4, 0.5) is 5.69 Å². The zero-order chi connectivity index (χ0) is 12.3. The average Bonchev–Trinajstić information content (AvgIpc) is 2.29. The Balaban J connectivity index is 1.97. The standard InChI is InChI=1S/C13H20N2O2/c1-10-8-15(6-7-17-10)9-13(16)11-4-2-3-5-12(11)14/h2-5,10,13,16H,6-9,14H2,1H3. The van der Waals surface area contributed by atoms with Gasteiger partial charge in [0.2, 0.25) is 0 Å². The number of nitrogens with zero attached hydrogens (tertiary/aromatic N) is 1. The first-order valence-electron chi connectivity index (χ1n) is 6.03. The van der Waals surface area contributed by atoms with Crippen molar-refractivity contribution < 1.29 is 9.84 Å².